The molecule has 0 radical (unpaired) electrons. The molecule has 1 aliphatic rings. The zero-order valence-corrected chi connectivity index (χ0v) is 10.1. The Morgan fingerprint density at radius 2 is 2.12 bits per heavy atom. The Morgan fingerprint density at radius 3 is 2.71 bits per heavy atom. The maximum absolute atomic E-state index is 11.8. The van der Waals surface area contributed by atoms with E-state index >= 15 is 0 Å². The van der Waals surface area contributed by atoms with Gasteiger partial charge in [-0.1, -0.05) is 6.07 Å². The van der Waals surface area contributed by atoms with Crippen LogP contribution in [0.4, 0.5) is 5.69 Å². The first kappa shape index (κ1) is 11.9. The SMILES string of the molecule is COC(=O)c1cc(CN)ccc1N1CCCC1. The van der Waals surface area contributed by atoms with Gasteiger partial charge < -0.3 is 15.4 Å². The van der Waals surface area contributed by atoms with Gasteiger partial charge in [-0.05, 0) is 30.5 Å². The Balaban J connectivity index is 2.38. The second-order valence-electron chi connectivity index (χ2n) is 4.24. The molecule has 0 saturated carbocycles. The van der Waals surface area contributed by atoms with Crippen LogP contribution in [0.3, 0.4) is 0 Å². The second-order valence-corrected chi connectivity index (χ2v) is 4.24. The fraction of sp³-hybridized carbons (Fsp3) is 0.462. The normalized spacial score (nSPS) is 15.1. The van der Waals surface area contributed by atoms with Gasteiger partial charge in [-0.2, -0.15) is 0 Å². The standard InChI is InChI=1S/C13H18N2O2/c1-17-13(16)11-8-10(9-14)4-5-12(11)15-6-2-3-7-15/h4-5,8H,2-3,6-7,9,14H2,1H3. The van der Waals surface area contributed by atoms with Gasteiger partial charge in [0.2, 0.25) is 0 Å². The summed E-state index contributed by atoms with van der Waals surface area (Å²) in [5.41, 5.74) is 8.14. The van der Waals surface area contributed by atoms with Crippen molar-refractivity contribution in [2.45, 2.75) is 19.4 Å². The van der Waals surface area contributed by atoms with Crippen LogP contribution >= 0.6 is 0 Å². The quantitative estimate of drug-likeness (QED) is 0.806. The summed E-state index contributed by atoms with van der Waals surface area (Å²) in [4.78, 5) is 14.0. The maximum Gasteiger partial charge on any atom is 0.339 e. The Hall–Kier alpha value is -1.55. The zero-order chi connectivity index (χ0) is 12.3. The van der Waals surface area contributed by atoms with E-state index in [4.69, 9.17) is 10.5 Å². The summed E-state index contributed by atoms with van der Waals surface area (Å²) in [5.74, 6) is -0.290. The van der Waals surface area contributed by atoms with E-state index in [1.807, 2.05) is 18.2 Å². The third-order valence-corrected chi connectivity index (χ3v) is 3.15. The molecule has 0 unspecified atom stereocenters. The summed E-state index contributed by atoms with van der Waals surface area (Å²) in [6, 6.07) is 5.78. The van der Waals surface area contributed by atoms with E-state index in [9.17, 15) is 4.79 Å². The first-order valence-electron chi connectivity index (χ1n) is 5.92. The molecule has 0 spiro atoms. The van der Waals surface area contributed by atoms with E-state index in [1.54, 1.807) is 0 Å². The van der Waals surface area contributed by atoms with Crippen molar-refractivity contribution in [3.63, 3.8) is 0 Å². The molecule has 4 nitrogen and oxygen atoms in total. The first-order valence-corrected chi connectivity index (χ1v) is 5.92. The van der Waals surface area contributed by atoms with Crippen LogP contribution in [0, 0.1) is 0 Å². The number of esters is 1. The van der Waals surface area contributed by atoms with Crippen LogP contribution in [0.25, 0.3) is 0 Å². The molecule has 1 heterocycles. The topological polar surface area (TPSA) is 55.6 Å². The van der Waals surface area contributed by atoms with Gasteiger partial charge in [0.1, 0.15) is 0 Å². The summed E-state index contributed by atoms with van der Waals surface area (Å²) in [7, 11) is 1.41. The highest BCUT2D eigenvalue weighted by Crippen LogP contribution is 2.26. The van der Waals surface area contributed by atoms with Crippen molar-refractivity contribution in [3.8, 4) is 0 Å². The number of hydrogen-bond donors (Lipinski definition) is 1. The van der Waals surface area contributed by atoms with E-state index in [1.165, 1.54) is 20.0 Å². The number of hydrogen-bond acceptors (Lipinski definition) is 4. The molecule has 0 atom stereocenters. The van der Waals surface area contributed by atoms with Crippen LogP contribution in [0.15, 0.2) is 18.2 Å². The van der Waals surface area contributed by atoms with Crippen molar-refractivity contribution in [1.82, 2.24) is 0 Å². The van der Waals surface area contributed by atoms with Crippen molar-refractivity contribution >= 4 is 11.7 Å². The highest BCUT2D eigenvalue weighted by molar-refractivity contribution is 5.96. The number of carbonyl (C=O) groups excluding carboxylic acids is 1. The van der Waals surface area contributed by atoms with Crippen molar-refractivity contribution < 1.29 is 9.53 Å². The lowest BCUT2D eigenvalue weighted by Gasteiger charge is -2.21. The molecule has 1 fully saturated rings. The molecule has 0 aromatic heterocycles. The lowest BCUT2D eigenvalue weighted by molar-refractivity contribution is 0.0601. The fourth-order valence-electron chi connectivity index (χ4n) is 2.22. The smallest absolute Gasteiger partial charge is 0.339 e. The van der Waals surface area contributed by atoms with Crippen molar-refractivity contribution in [2.75, 3.05) is 25.1 Å². The fourth-order valence-corrected chi connectivity index (χ4v) is 2.22. The van der Waals surface area contributed by atoms with Gasteiger partial charge in [0.15, 0.2) is 0 Å². The van der Waals surface area contributed by atoms with Gasteiger partial charge in [-0.15, -0.1) is 0 Å². The highest BCUT2D eigenvalue weighted by Gasteiger charge is 2.20. The van der Waals surface area contributed by atoms with Gasteiger partial charge in [0.05, 0.1) is 18.4 Å². The molecule has 4 heteroatoms. The Morgan fingerprint density at radius 1 is 1.41 bits per heavy atom. The number of nitrogens with two attached hydrogens (primary N) is 1. The number of benzene rings is 1. The van der Waals surface area contributed by atoms with E-state index in [0.29, 0.717) is 12.1 Å². The van der Waals surface area contributed by atoms with Gasteiger partial charge in [-0.3, -0.25) is 0 Å². The molecule has 0 bridgehead atoms. The number of methoxy groups -OCH3 is 1. The van der Waals surface area contributed by atoms with Crippen LogP contribution in [0.1, 0.15) is 28.8 Å². The van der Waals surface area contributed by atoms with Gasteiger partial charge in [-0.25, -0.2) is 4.79 Å². The molecule has 0 aliphatic carbocycles. The monoisotopic (exact) mass is 234 g/mol. The number of nitrogens with zero attached hydrogens (tertiary/aromatic N) is 1. The molecule has 1 aromatic carbocycles. The third kappa shape index (κ3) is 2.42. The zero-order valence-electron chi connectivity index (χ0n) is 10.1. The Labute approximate surface area is 101 Å². The number of anilines is 1. The summed E-state index contributed by atoms with van der Waals surface area (Å²) in [6.07, 6.45) is 2.36. The lowest BCUT2D eigenvalue weighted by Crippen LogP contribution is -2.21. The largest absolute Gasteiger partial charge is 0.465 e. The minimum Gasteiger partial charge on any atom is -0.465 e. The number of carbonyl (C=O) groups is 1. The average Bonchev–Trinajstić information content (AvgIpc) is 2.90. The van der Waals surface area contributed by atoms with Crippen molar-refractivity contribution in [1.29, 1.82) is 0 Å². The minimum atomic E-state index is -0.290. The van der Waals surface area contributed by atoms with Crippen molar-refractivity contribution in [3.05, 3.63) is 29.3 Å². The average molecular weight is 234 g/mol. The molecule has 1 aromatic rings. The molecular weight excluding hydrogens is 216 g/mol. The first-order chi connectivity index (χ1) is 8.26. The van der Waals surface area contributed by atoms with Gasteiger partial charge >= 0.3 is 5.97 Å². The third-order valence-electron chi connectivity index (χ3n) is 3.15. The predicted molar refractivity (Wildman–Crippen MR) is 67.1 cm³/mol. The molecule has 1 saturated heterocycles. The van der Waals surface area contributed by atoms with Gasteiger partial charge in [0, 0.05) is 19.6 Å². The van der Waals surface area contributed by atoms with E-state index < -0.39 is 0 Å². The van der Waals surface area contributed by atoms with Crippen molar-refractivity contribution in [2.24, 2.45) is 5.73 Å². The molecule has 1 aliphatic heterocycles. The lowest BCUT2D eigenvalue weighted by atomic mass is 10.1. The summed E-state index contributed by atoms with van der Waals surface area (Å²) in [5, 5.41) is 0. The molecule has 2 rings (SSSR count). The van der Waals surface area contributed by atoms with Crippen LogP contribution in [0.2, 0.25) is 0 Å². The Kier molecular flexibility index (Phi) is 3.64. The number of rotatable bonds is 3. The molecular formula is C13H18N2O2. The maximum atomic E-state index is 11.8. The highest BCUT2D eigenvalue weighted by atomic mass is 16.5. The summed E-state index contributed by atoms with van der Waals surface area (Å²) < 4.78 is 4.83. The van der Waals surface area contributed by atoms with Gasteiger partial charge in [0.25, 0.3) is 0 Å². The van der Waals surface area contributed by atoms with Crippen LogP contribution in [0.5, 0.6) is 0 Å². The predicted octanol–water partition coefficient (Wildman–Crippen LogP) is 1.53. The molecule has 0 amide bonds. The van der Waals surface area contributed by atoms with Crippen LogP contribution < -0.4 is 10.6 Å². The molecule has 92 valence electrons. The molecule has 2 N–H and O–H groups in total. The van der Waals surface area contributed by atoms with E-state index in [-0.39, 0.29) is 5.97 Å². The summed E-state index contributed by atoms with van der Waals surface area (Å²) >= 11 is 0. The van der Waals surface area contributed by atoms with E-state index in [2.05, 4.69) is 4.90 Å². The minimum absolute atomic E-state index is 0.290. The van der Waals surface area contributed by atoms with Crippen LogP contribution in [-0.4, -0.2) is 26.2 Å². The summed E-state index contributed by atoms with van der Waals surface area (Å²) in [6.45, 7) is 2.45. The molecule has 17 heavy (non-hydrogen) atoms. The second kappa shape index (κ2) is 5.19. The van der Waals surface area contributed by atoms with Crippen LogP contribution in [-0.2, 0) is 11.3 Å². The Bertz CT molecular complexity index is 412. The van der Waals surface area contributed by atoms with E-state index in [0.717, 1.165) is 24.3 Å². The number of ether oxygens (including phenoxy) is 1.